The minimum absolute atomic E-state index is 0.515. The second-order valence-corrected chi connectivity index (χ2v) is 3.36. The summed E-state index contributed by atoms with van der Waals surface area (Å²) in [5, 5.41) is 9.72. The quantitative estimate of drug-likeness (QED) is 0.665. The van der Waals surface area contributed by atoms with Gasteiger partial charge in [0.25, 0.3) is 0 Å². The molecule has 1 N–H and O–H groups in total. The molecule has 0 saturated carbocycles. The van der Waals surface area contributed by atoms with E-state index in [1.807, 2.05) is 19.1 Å². The highest BCUT2D eigenvalue weighted by Crippen LogP contribution is 2.23. The van der Waals surface area contributed by atoms with Gasteiger partial charge in [-0.25, -0.2) is 0 Å². The number of allylic oxidation sites excluding steroid dienone is 8. The topological polar surface area (TPSA) is 20.2 Å². The molecule has 0 bridgehead atoms. The summed E-state index contributed by atoms with van der Waals surface area (Å²) in [6.45, 7) is 4.10. The summed E-state index contributed by atoms with van der Waals surface area (Å²) in [7, 11) is 0. The molecule has 1 aliphatic carbocycles. The Labute approximate surface area is 86.1 Å². The van der Waals surface area contributed by atoms with Gasteiger partial charge in [-0.3, -0.25) is 0 Å². The maximum absolute atomic E-state index is 9.72. The van der Waals surface area contributed by atoms with Crippen LogP contribution in [0.4, 0.5) is 0 Å². The van der Waals surface area contributed by atoms with Crippen LogP contribution in [-0.2, 0) is 0 Å². The van der Waals surface area contributed by atoms with Gasteiger partial charge < -0.3 is 5.11 Å². The van der Waals surface area contributed by atoms with Crippen LogP contribution < -0.4 is 0 Å². The van der Waals surface area contributed by atoms with E-state index in [0.717, 1.165) is 30.4 Å². The van der Waals surface area contributed by atoms with Gasteiger partial charge in [0.1, 0.15) is 5.76 Å². The molecule has 76 valence electrons. The van der Waals surface area contributed by atoms with Gasteiger partial charge in [0.15, 0.2) is 0 Å². The zero-order valence-corrected chi connectivity index (χ0v) is 8.96. The summed E-state index contributed by atoms with van der Waals surface area (Å²) in [5.41, 5.74) is 2.09. The van der Waals surface area contributed by atoms with Crippen LogP contribution in [0.15, 0.2) is 47.3 Å². The fourth-order valence-corrected chi connectivity index (χ4v) is 1.50. The molecule has 0 radical (unpaired) electrons. The molecule has 0 fully saturated rings. The smallest absolute Gasteiger partial charge is 0.100 e. The zero-order chi connectivity index (χ0) is 10.4. The van der Waals surface area contributed by atoms with Crippen molar-refractivity contribution in [1.29, 1.82) is 0 Å². The van der Waals surface area contributed by atoms with Gasteiger partial charge in [-0.15, -0.1) is 0 Å². The lowest BCUT2D eigenvalue weighted by molar-refractivity contribution is 0.383. The van der Waals surface area contributed by atoms with Crippen molar-refractivity contribution in [2.75, 3.05) is 0 Å². The summed E-state index contributed by atoms with van der Waals surface area (Å²) >= 11 is 0. The van der Waals surface area contributed by atoms with Gasteiger partial charge in [0, 0.05) is 12.0 Å². The fraction of sp³-hybridized carbons (Fsp3) is 0.385. The first-order valence-electron chi connectivity index (χ1n) is 5.21. The third kappa shape index (κ3) is 2.63. The molecule has 0 atom stereocenters. The molecule has 14 heavy (non-hydrogen) atoms. The van der Waals surface area contributed by atoms with Crippen LogP contribution in [0, 0.1) is 0 Å². The molecule has 0 heterocycles. The van der Waals surface area contributed by atoms with Crippen molar-refractivity contribution in [3.8, 4) is 0 Å². The number of aliphatic hydroxyl groups excluding tert-OH is 1. The van der Waals surface area contributed by atoms with Gasteiger partial charge in [-0.05, 0) is 25.3 Å². The highest BCUT2D eigenvalue weighted by molar-refractivity contribution is 5.48. The van der Waals surface area contributed by atoms with Gasteiger partial charge in [0.2, 0.25) is 0 Å². The lowest BCUT2D eigenvalue weighted by atomic mass is 9.97. The van der Waals surface area contributed by atoms with Crippen molar-refractivity contribution >= 4 is 0 Å². The van der Waals surface area contributed by atoms with E-state index in [4.69, 9.17) is 0 Å². The maximum atomic E-state index is 9.72. The summed E-state index contributed by atoms with van der Waals surface area (Å²) < 4.78 is 0. The van der Waals surface area contributed by atoms with E-state index in [0.29, 0.717) is 5.76 Å². The van der Waals surface area contributed by atoms with E-state index in [1.165, 1.54) is 0 Å². The Balaban J connectivity index is 2.90. The monoisotopic (exact) mass is 190 g/mol. The van der Waals surface area contributed by atoms with Gasteiger partial charge >= 0.3 is 0 Å². The number of hydrogen-bond acceptors (Lipinski definition) is 1. The van der Waals surface area contributed by atoms with E-state index < -0.39 is 0 Å². The van der Waals surface area contributed by atoms with Gasteiger partial charge in [0.05, 0.1) is 0 Å². The second-order valence-electron chi connectivity index (χ2n) is 3.36. The first kappa shape index (κ1) is 10.8. The van der Waals surface area contributed by atoms with Crippen molar-refractivity contribution in [2.24, 2.45) is 0 Å². The Morgan fingerprint density at radius 2 is 2.36 bits per heavy atom. The summed E-state index contributed by atoms with van der Waals surface area (Å²) in [6, 6.07) is 0. The first-order valence-corrected chi connectivity index (χ1v) is 5.21. The highest BCUT2D eigenvalue weighted by atomic mass is 16.3. The third-order valence-corrected chi connectivity index (χ3v) is 2.30. The Morgan fingerprint density at radius 3 is 2.93 bits per heavy atom. The molecule has 0 spiro atoms. The molecular weight excluding hydrogens is 172 g/mol. The van der Waals surface area contributed by atoms with Crippen molar-refractivity contribution in [2.45, 2.75) is 33.1 Å². The average molecular weight is 190 g/mol. The predicted octanol–water partition coefficient (Wildman–Crippen LogP) is 4.06. The van der Waals surface area contributed by atoms with Crippen molar-refractivity contribution in [3.63, 3.8) is 0 Å². The summed E-state index contributed by atoms with van der Waals surface area (Å²) in [5.74, 6) is 0.515. The summed E-state index contributed by atoms with van der Waals surface area (Å²) in [6.07, 6.45) is 13.1. The largest absolute Gasteiger partial charge is 0.512 e. The van der Waals surface area contributed by atoms with Crippen LogP contribution in [0.3, 0.4) is 0 Å². The summed E-state index contributed by atoms with van der Waals surface area (Å²) in [4.78, 5) is 0. The van der Waals surface area contributed by atoms with E-state index >= 15 is 0 Å². The number of aliphatic hydroxyl groups is 1. The molecule has 0 amide bonds. The normalized spacial score (nSPS) is 18.3. The molecule has 0 aliphatic heterocycles. The van der Waals surface area contributed by atoms with E-state index in [9.17, 15) is 5.11 Å². The molecule has 0 unspecified atom stereocenters. The second kappa shape index (κ2) is 5.48. The lowest BCUT2D eigenvalue weighted by Gasteiger charge is -2.11. The molecule has 0 aromatic rings. The Kier molecular flexibility index (Phi) is 4.24. The van der Waals surface area contributed by atoms with Crippen molar-refractivity contribution in [1.82, 2.24) is 0 Å². The Morgan fingerprint density at radius 1 is 1.57 bits per heavy atom. The number of rotatable bonds is 3. The first-order chi connectivity index (χ1) is 6.79. The van der Waals surface area contributed by atoms with Crippen LogP contribution in [-0.4, -0.2) is 5.11 Å². The molecule has 1 aliphatic rings. The molecule has 1 rings (SSSR count). The maximum Gasteiger partial charge on any atom is 0.100 e. The molecule has 1 nitrogen and oxygen atoms in total. The van der Waals surface area contributed by atoms with E-state index in [2.05, 4.69) is 25.2 Å². The van der Waals surface area contributed by atoms with Crippen molar-refractivity contribution < 1.29 is 5.11 Å². The van der Waals surface area contributed by atoms with Crippen LogP contribution in [0.25, 0.3) is 0 Å². The van der Waals surface area contributed by atoms with Crippen LogP contribution >= 0.6 is 0 Å². The Bertz CT molecular complexity index is 303. The molecule has 0 aromatic carbocycles. The van der Waals surface area contributed by atoms with Crippen LogP contribution in [0.1, 0.15) is 33.1 Å². The van der Waals surface area contributed by atoms with Gasteiger partial charge in [-0.2, -0.15) is 0 Å². The molecule has 1 heteroatoms. The third-order valence-electron chi connectivity index (χ3n) is 2.30. The van der Waals surface area contributed by atoms with E-state index in [1.54, 1.807) is 0 Å². The average Bonchev–Trinajstić information content (AvgIpc) is 2.21. The van der Waals surface area contributed by atoms with Gasteiger partial charge in [-0.1, -0.05) is 37.3 Å². The van der Waals surface area contributed by atoms with Crippen LogP contribution in [0.5, 0.6) is 0 Å². The fourth-order valence-electron chi connectivity index (χ4n) is 1.50. The highest BCUT2D eigenvalue weighted by Gasteiger charge is 2.08. The zero-order valence-electron chi connectivity index (χ0n) is 8.96. The SMILES string of the molecule is C/C=C(\C=C/CC)C1=C(O)CCC=C1. The minimum Gasteiger partial charge on any atom is -0.512 e. The Hall–Kier alpha value is -1.24. The number of hydrogen-bond donors (Lipinski definition) is 1. The molecule has 0 aromatic heterocycles. The molecule has 0 saturated heterocycles. The minimum atomic E-state index is 0.515. The molecular formula is C13H18O. The lowest BCUT2D eigenvalue weighted by Crippen LogP contribution is -1.96. The standard InChI is InChI=1S/C13H18O/c1-3-5-8-11(4-2)12-9-6-7-10-13(12)14/h4-6,8-9,14H,3,7,10H2,1-2H3/b8-5-,11-4+. The predicted molar refractivity (Wildman–Crippen MR) is 61.2 cm³/mol. The van der Waals surface area contributed by atoms with Crippen LogP contribution in [0.2, 0.25) is 0 Å². The van der Waals surface area contributed by atoms with E-state index in [-0.39, 0.29) is 0 Å². The van der Waals surface area contributed by atoms with Crippen molar-refractivity contribution in [3.05, 3.63) is 47.3 Å².